The Balaban J connectivity index is 2.39. The van der Waals surface area contributed by atoms with Crippen LogP contribution in [-0.2, 0) is 10.0 Å². The van der Waals surface area contributed by atoms with Crippen LogP contribution in [0.3, 0.4) is 0 Å². The number of nitrogens with zero attached hydrogens (tertiary/aromatic N) is 1. The third-order valence-corrected chi connectivity index (χ3v) is 5.71. The van der Waals surface area contributed by atoms with Gasteiger partial charge in [-0.3, -0.25) is 4.72 Å². The van der Waals surface area contributed by atoms with E-state index in [9.17, 15) is 13.5 Å². The second-order valence-corrected chi connectivity index (χ2v) is 7.51. The number of pyridine rings is 1. The first-order valence-electron chi connectivity index (χ1n) is 5.25. The molecule has 2 heterocycles. The fourth-order valence-electron chi connectivity index (χ4n) is 1.37. The van der Waals surface area contributed by atoms with E-state index in [2.05, 4.69) is 9.71 Å². The lowest BCUT2D eigenvalue weighted by atomic mass is 10.3. The molecule has 0 aliphatic rings. The molecule has 0 spiro atoms. The van der Waals surface area contributed by atoms with Crippen LogP contribution < -0.4 is 4.72 Å². The van der Waals surface area contributed by atoms with Gasteiger partial charge in [0.05, 0.1) is 4.34 Å². The lowest BCUT2D eigenvalue weighted by Gasteiger charge is -2.07. The molecule has 0 fully saturated rings. The topological polar surface area (TPSA) is 79.3 Å². The molecule has 0 aliphatic heterocycles. The number of anilines is 1. The van der Waals surface area contributed by atoms with Crippen molar-refractivity contribution in [3.05, 3.63) is 33.8 Å². The Morgan fingerprint density at radius 2 is 2.05 bits per heavy atom. The fourth-order valence-corrected chi connectivity index (χ4v) is 4.09. The number of sulfonamides is 1. The Morgan fingerprint density at radius 3 is 2.63 bits per heavy atom. The van der Waals surface area contributed by atoms with E-state index >= 15 is 0 Å². The molecule has 0 amide bonds. The summed E-state index contributed by atoms with van der Waals surface area (Å²) >= 11 is 6.81. The van der Waals surface area contributed by atoms with Crippen molar-refractivity contribution in [1.82, 2.24) is 4.98 Å². The van der Waals surface area contributed by atoms with Gasteiger partial charge < -0.3 is 5.11 Å². The van der Waals surface area contributed by atoms with Gasteiger partial charge in [-0.2, -0.15) is 0 Å². The van der Waals surface area contributed by atoms with Gasteiger partial charge in [0.2, 0.25) is 0 Å². The first-order chi connectivity index (χ1) is 8.79. The summed E-state index contributed by atoms with van der Waals surface area (Å²) in [6.07, 6.45) is 0. The van der Waals surface area contributed by atoms with Crippen molar-refractivity contribution in [3.63, 3.8) is 0 Å². The number of hydrogen-bond donors (Lipinski definition) is 2. The molecule has 2 aromatic heterocycles. The number of hydrogen-bond acceptors (Lipinski definition) is 5. The Kier molecular flexibility index (Phi) is 3.71. The predicted molar refractivity (Wildman–Crippen MR) is 75.5 cm³/mol. The van der Waals surface area contributed by atoms with Gasteiger partial charge in [-0.15, -0.1) is 11.3 Å². The predicted octanol–water partition coefficient (Wildman–Crippen LogP) is 2.92. The van der Waals surface area contributed by atoms with Crippen LogP contribution in [0.4, 0.5) is 5.82 Å². The van der Waals surface area contributed by atoms with Gasteiger partial charge in [0.1, 0.15) is 4.21 Å². The third kappa shape index (κ3) is 2.99. The maximum Gasteiger partial charge on any atom is 0.272 e. The Hall–Kier alpha value is -1.31. The van der Waals surface area contributed by atoms with Gasteiger partial charge in [0.25, 0.3) is 10.0 Å². The zero-order valence-electron chi connectivity index (χ0n) is 10.1. The van der Waals surface area contributed by atoms with Crippen LogP contribution in [-0.4, -0.2) is 18.5 Å². The SMILES string of the molecule is Cc1ccc(O)c(NS(=O)(=O)c2cc(C)c(Cl)s2)n1. The highest BCUT2D eigenvalue weighted by atomic mass is 35.5. The molecule has 8 heteroatoms. The standard InChI is InChI=1S/C11H11ClN2O3S2/c1-6-5-9(18-10(6)12)19(16,17)14-11-8(15)4-3-7(2)13-11/h3-5,15H,1-2H3,(H,13,14). The number of aryl methyl sites for hydroxylation is 2. The molecule has 2 N–H and O–H groups in total. The molecule has 0 bridgehead atoms. The summed E-state index contributed by atoms with van der Waals surface area (Å²) in [4.78, 5) is 3.94. The number of aromatic hydroxyl groups is 1. The van der Waals surface area contributed by atoms with Gasteiger partial charge in [0, 0.05) is 5.69 Å². The molecular formula is C11H11ClN2O3S2. The number of nitrogens with one attached hydrogen (secondary N) is 1. The maximum absolute atomic E-state index is 12.1. The third-order valence-electron chi connectivity index (χ3n) is 2.34. The number of rotatable bonds is 3. The van der Waals surface area contributed by atoms with Crippen molar-refractivity contribution in [2.45, 2.75) is 18.1 Å². The minimum Gasteiger partial charge on any atom is -0.504 e. The minimum atomic E-state index is -3.79. The zero-order valence-corrected chi connectivity index (χ0v) is 12.5. The lowest BCUT2D eigenvalue weighted by molar-refractivity contribution is 0.475. The molecule has 0 aromatic carbocycles. The smallest absolute Gasteiger partial charge is 0.272 e. The van der Waals surface area contributed by atoms with E-state index in [4.69, 9.17) is 11.6 Å². The molecule has 0 atom stereocenters. The second-order valence-electron chi connectivity index (χ2n) is 3.95. The molecule has 2 aromatic rings. The molecule has 0 aliphatic carbocycles. The number of thiophene rings is 1. The maximum atomic E-state index is 12.1. The monoisotopic (exact) mass is 318 g/mol. The highest BCUT2D eigenvalue weighted by molar-refractivity contribution is 7.94. The summed E-state index contributed by atoms with van der Waals surface area (Å²) in [6, 6.07) is 4.44. The van der Waals surface area contributed by atoms with Crippen molar-refractivity contribution in [3.8, 4) is 5.75 Å². The quantitative estimate of drug-likeness (QED) is 0.912. The van der Waals surface area contributed by atoms with Crippen LogP contribution in [0.5, 0.6) is 5.75 Å². The number of halogens is 1. The molecule has 0 unspecified atom stereocenters. The van der Waals surface area contributed by atoms with Gasteiger partial charge in [-0.05, 0) is 37.6 Å². The zero-order chi connectivity index (χ0) is 14.2. The largest absolute Gasteiger partial charge is 0.504 e. The van der Waals surface area contributed by atoms with E-state index in [1.807, 2.05) is 0 Å². The summed E-state index contributed by atoms with van der Waals surface area (Å²) in [5.74, 6) is -0.323. The van der Waals surface area contributed by atoms with Gasteiger partial charge in [0.15, 0.2) is 11.6 Å². The molecule has 0 radical (unpaired) electrons. The van der Waals surface area contributed by atoms with Crippen molar-refractivity contribution in [2.24, 2.45) is 0 Å². The highest BCUT2D eigenvalue weighted by Gasteiger charge is 2.20. The fraction of sp³-hybridized carbons (Fsp3) is 0.182. The molecule has 5 nitrogen and oxygen atoms in total. The summed E-state index contributed by atoms with van der Waals surface area (Å²) in [5.41, 5.74) is 1.28. The van der Waals surface area contributed by atoms with Crippen LogP contribution in [0, 0.1) is 13.8 Å². The molecular weight excluding hydrogens is 308 g/mol. The summed E-state index contributed by atoms with van der Waals surface area (Å²) in [6.45, 7) is 3.42. The van der Waals surface area contributed by atoms with Gasteiger partial charge >= 0.3 is 0 Å². The molecule has 102 valence electrons. The normalized spacial score (nSPS) is 11.5. The van der Waals surface area contributed by atoms with Crippen LogP contribution in [0.1, 0.15) is 11.3 Å². The van der Waals surface area contributed by atoms with Crippen LogP contribution in [0.25, 0.3) is 0 Å². The van der Waals surface area contributed by atoms with Crippen LogP contribution in [0.15, 0.2) is 22.4 Å². The average molecular weight is 319 g/mol. The average Bonchev–Trinajstić information content (AvgIpc) is 2.65. The van der Waals surface area contributed by atoms with E-state index in [0.717, 1.165) is 11.3 Å². The van der Waals surface area contributed by atoms with E-state index in [-0.39, 0.29) is 15.8 Å². The molecule has 19 heavy (non-hydrogen) atoms. The second kappa shape index (κ2) is 4.99. The molecule has 0 saturated carbocycles. The lowest BCUT2D eigenvalue weighted by Crippen LogP contribution is -2.13. The van der Waals surface area contributed by atoms with Crippen molar-refractivity contribution >= 4 is 38.8 Å². The first kappa shape index (κ1) is 14.1. The van der Waals surface area contributed by atoms with E-state index in [0.29, 0.717) is 15.6 Å². The Morgan fingerprint density at radius 1 is 1.37 bits per heavy atom. The highest BCUT2D eigenvalue weighted by Crippen LogP contribution is 2.32. The van der Waals surface area contributed by atoms with E-state index in [1.54, 1.807) is 19.9 Å². The summed E-state index contributed by atoms with van der Waals surface area (Å²) in [7, 11) is -3.79. The van der Waals surface area contributed by atoms with Crippen molar-refractivity contribution in [1.29, 1.82) is 0 Å². The molecule has 0 saturated heterocycles. The minimum absolute atomic E-state index is 0.0812. The van der Waals surface area contributed by atoms with Crippen LogP contribution in [0.2, 0.25) is 4.34 Å². The Labute approximate surface area is 119 Å². The van der Waals surface area contributed by atoms with Gasteiger partial charge in [-0.1, -0.05) is 11.6 Å². The van der Waals surface area contributed by atoms with Gasteiger partial charge in [-0.25, -0.2) is 13.4 Å². The number of aromatic nitrogens is 1. The van der Waals surface area contributed by atoms with E-state index < -0.39 is 10.0 Å². The Bertz CT molecular complexity index is 706. The first-order valence-corrected chi connectivity index (χ1v) is 7.93. The van der Waals surface area contributed by atoms with Crippen molar-refractivity contribution < 1.29 is 13.5 Å². The van der Waals surface area contributed by atoms with E-state index in [1.165, 1.54) is 12.1 Å². The van der Waals surface area contributed by atoms with Crippen LogP contribution >= 0.6 is 22.9 Å². The van der Waals surface area contributed by atoms with Crippen molar-refractivity contribution in [2.75, 3.05) is 4.72 Å². The summed E-state index contributed by atoms with van der Waals surface area (Å²) in [5, 5.41) is 9.59. The summed E-state index contributed by atoms with van der Waals surface area (Å²) < 4.78 is 27.0. The molecule has 2 rings (SSSR count).